The summed E-state index contributed by atoms with van der Waals surface area (Å²) in [5, 5.41) is 3.14. The number of hydrogen-bond donors (Lipinski definition) is 1. The van der Waals surface area contributed by atoms with Crippen LogP contribution in [0.4, 0.5) is 5.82 Å². The van der Waals surface area contributed by atoms with Crippen molar-refractivity contribution in [3.8, 4) is 0 Å². The fraction of sp³-hybridized carbons (Fsp3) is 0.583. The van der Waals surface area contributed by atoms with Crippen molar-refractivity contribution in [2.24, 2.45) is 0 Å². The Labute approximate surface area is 85.7 Å². The number of aromatic nitrogens is 1. The fourth-order valence-corrected chi connectivity index (χ4v) is 2.24. The van der Waals surface area contributed by atoms with Crippen molar-refractivity contribution in [2.45, 2.75) is 39.0 Å². The molecule has 1 aliphatic carbocycles. The summed E-state index contributed by atoms with van der Waals surface area (Å²) in [7, 11) is 1.94. The van der Waals surface area contributed by atoms with Gasteiger partial charge in [-0.2, -0.15) is 0 Å². The number of aryl methyl sites for hydroxylation is 2. The number of pyridine rings is 1. The number of nitrogens with one attached hydrogen (secondary N) is 1. The molecule has 0 aliphatic heterocycles. The van der Waals surface area contributed by atoms with E-state index in [2.05, 4.69) is 23.3 Å². The van der Waals surface area contributed by atoms with E-state index in [-0.39, 0.29) is 0 Å². The molecule has 1 N–H and O–H groups in total. The molecule has 1 aliphatic rings. The highest BCUT2D eigenvalue weighted by Gasteiger charge is 2.16. The van der Waals surface area contributed by atoms with E-state index in [1.165, 1.54) is 42.5 Å². The zero-order valence-corrected chi connectivity index (χ0v) is 9.06. The molecule has 0 unspecified atom stereocenters. The highest BCUT2D eigenvalue weighted by molar-refractivity contribution is 5.46. The van der Waals surface area contributed by atoms with Crippen LogP contribution < -0.4 is 5.32 Å². The molecule has 0 spiro atoms. The molecule has 1 heterocycles. The Morgan fingerprint density at radius 3 is 3.00 bits per heavy atom. The second-order valence-corrected chi connectivity index (χ2v) is 3.95. The predicted molar refractivity (Wildman–Crippen MR) is 59.8 cm³/mol. The van der Waals surface area contributed by atoms with E-state index in [0.29, 0.717) is 0 Å². The maximum absolute atomic E-state index is 4.64. The van der Waals surface area contributed by atoms with Gasteiger partial charge in [0.1, 0.15) is 5.82 Å². The van der Waals surface area contributed by atoms with Gasteiger partial charge in [-0.15, -0.1) is 0 Å². The maximum Gasteiger partial charge on any atom is 0.126 e. The van der Waals surface area contributed by atoms with Gasteiger partial charge in [0, 0.05) is 12.7 Å². The molecular formula is C12H18N2. The minimum absolute atomic E-state index is 1.04. The van der Waals surface area contributed by atoms with Crippen molar-refractivity contribution in [3.63, 3.8) is 0 Å². The van der Waals surface area contributed by atoms with Gasteiger partial charge < -0.3 is 5.32 Å². The van der Waals surface area contributed by atoms with Crippen molar-refractivity contribution in [1.82, 2.24) is 4.98 Å². The van der Waals surface area contributed by atoms with Crippen LogP contribution in [0.1, 0.15) is 36.6 Å². The van der Waals surface area contributed by atoms with Gasteiger partial charge in [-0.05, 0) is 42.9 Å². The highest BCUT2D eigenvalue weighted by Crippen LogP contribution is 2.27. The summed E-state index contributed by atoms with van der Waals surface area (Å²) in [4.78, 5) is 4.64. The summed E-state index contributed by atoms with van der Waals surface area (Å²) >= 11 is 0. The van der Waals surface area contributed by atoms with E-state index in [1.54, 1.807) is 0 Å². The van der Waals surface area contributed by atoms with Crippen molar-refractivity contribution < 1.29 is 0 Å². The molecule has 0 atom stereocenters. The van der Waals surface area contributed by atoms with Gasteiger partial charge in [-0.1, -0.05) is 13.3 Å². The van der Waals surface area contributed by atoms with E-state index in [9.17, 15) is 0 Å². The topological polar surface area (TPSA) is 24.9 Å². The smallest absolute Gasteiger partial charge is 0.126 e. The molecule has 2 rings (SSSR count). The molecule has 1 aromatic rings. The number of fused-ring (bicyclic) bond motifs is 1. The molecule has 0 amide bonds. The van der Waals surface area contributed by atoms with Crippen LogP contribution in [0.2, 0.25) is 0 Å². The molecule has 0 fully saturated rings. The van der Waals surface area contributed by atoms with E-state index in [4.69, 9.17) is 0 Å². The summed E-state index contributed by atoms with van der Waals surface area (Å²) in [6.07, 6.45) is 6.09. The molecule has 76 valence electrons. The lowest BCUT2D eigenvalue weighted by Gasteiger charge is -2.09. The Morgan fingerprint density at radius 1 is 1.43 bits per heavy atom. The Bertz CT molecular complexity index is 331. The first kappa shape index (κ1) is 9.50. The first-order valence-corrected chi connectivity index (χ1v) is 5.54. The zero-order valence-electron chi connectivity index (χ0n) is 9.06. The highest BCUT2D eigenvalue weighted by atomic mass is 15.0. The first-order chi connectivity index (χ1) is 6.85. The predicted octanol–water partition coefficient (Wildman–Crippen LogP) is 2.56. The number of anilines is 1. The fourth-order valence-electron chi connectivity index (χ4n) is 2.24. The lowest BCUT2D eigenvalue weighted by molar-refractivity contribution is 0.852. The summed E-state index contributed by atoms with van der Waals surface area (Å²) in [5.41, 5.74) is 4.38. The molecule has 1 aromatic heterocycles. The normalized spacial score (nSPS) is 14.1. The summed E-state index contributed by atoms with van der Waals surface area (Å²) < 4.78 is 0. The zero-order chi connectivity index (χ0) is 9.97. The molecule has 2 heteroatoms. The Morgan fingerprint density at radius 2 is 2.29 bits per heavy atom. The molecular weight excluding hydrogens is 172 g/mol. The number of hydrogen-bond acceptors (Lipinski definition) is 2. The quantitative estimate of drug-likeness (QED) is 0.792. The van der Waals surface area contributed by atoms with Crippen LogP contribution in [0.25, 0.3) is 0 Å². The molecule has 2 nitrogen and oxygen atoms in total. The lowest BCUT2D eigenvalue weighted by Crippen LogP contribution is -2.02. The minimum Gasteiger partial charge on any atom is -0.373 e. The van der Waals surface area contributed by atoms with Crippen molar-refractivity contribution >= 4 is 5.82 Å². The monoisotopic (exact) mass is 190 g/mol. The molecule has 0 saturated heterocycles. The SMILES string of the molecule is CCCc1nc(NC)cc2c1CCC2. The summed E-state index contributed by atoms with van der Waals surface area (Å²) in [6, 6.07) is 2.21. The van der Waals surface area contributed by atoms with Gasteiger partial charge in [-0.25, -0.2) is 4.98 Å². The van der Waals surface area contributed by atoms with Crippen LogP contribution in [-0.4, -0.2) is 12.0 Å². The van der Waals surface area contributed by atoms with Crippen LogP contribution in [0.3, 0.4) is 0 Å². The van der Waals surface area contributed by atoms with Crippen LogP contribution in [0.5, 0.6) is 0 Å². The largest absolute Gasteiger partial charge is 0.373 e. The van der Waals surface area contributed by atoms with Crippen LogP contribution in [0.15, 0.2) is 6.07 Å². The number of rotatable bonds is 3. The first-order valence-electron chi connectivity index (χ1n) is 5.54. The number of nitrogens with zero attached hydrogens (tertiary/aromatic N) is 1. The van der Waals surface area contributed by atoms with Gasteiger partial charge in [0.2, 0.25) is 0 Å². The standard InChI is InChI=1S/C12H18N2/c1-3-5-11-10-7-4-6-9(10)8-12(13-2)14-11/h8H,3-7H2,1-2H3,(H,13,14). The summed E-state index contributed by atoms with van der Waals surface area (Å²) in [6.45, 7) is 2.22. The van der Waals surface area contributed by atoms with Gasteiger partial charge in [0.15, 0.2) is 0 Å². The molecule has 0 bridgehead atoms. The second kappa shape index (κ2) is 3.99. The van der Waals surface area contributed by atoms with Crippen LogP contribution in [0, 0.1) is 0 Å². The Balaban J connectivity index is 2.41. The third-order valence-electron chi connectivity index (χ3n) is 2.92. The Kier molecular flexibility index (Phi) is 2.71. The minimum atomic E-state index is 1.04. The van der Waals surface area contributed by atoms with Gasteiger partial charge in [0.25, 0.3) is 0 Å². The molecule has 14 heavy (non-hydrogen) atoms. The van der Waals surface area contributed by atoms with E-state index < -0.39 is 0 Å². The van der Waals surface area contributed by atoms with Crippen LogP contribution in [-0.2, 0) is 19.3 Å². The third kappa shape index (κ3) is 1.61. The van der Waals surface area contributed by atoms with E-state index >= 15 is 0 Å². The summed E-state index contributed by atoms with van der Waals surface area (Å²) in [5.74, 6) is 1.04. The molecule has 0 aromatic carbocycles. The van der Waals surface area contributed by atoms with Crippen LogP contribution >= 0.6 is 0 Å². The maximum atomic E-state index is 4.64. The van der Waals surface area contributed by atoms with Gasteiger partial charge >= 0.3 is 0 Å². The lowest BCUT2D eigenvalue weighted by atomic mass is 10.1. The average Bonchev–Trinajstić information content (AvgIpc) is 2.66. The van der Waals surface area contributed by atoms with E-state index in [0.717, 1.165) is 12.2 Å². The Hall–Kier alpha value is -1.05. The van der Waals surface area contributed by atoms with E-state index in [1.807, 2.05) is 7.05 Å². The average molecular weight is 190 g/mol. The van der Waals surface area contributed by atoms with Gasteiger partial charge in [-0.3, -0.25) is 0 Å². The molecule has 0 saturated carbocycles. The molecule has 0 radical (unpaired) electrons. The van der Waals surface area contributed by atoms with Crippen molar-refractivity contribution in [2.75, 3.05) is 12.4 Å². The second-order valence-electron chi connectivity index (χ2n) is 3.95. The van der Waals surface area contributed by atoms with Crippen molar-refractivity contribution in [3.05, 3.63) is 22.9 Å². The van der Waals surface area contributed by atoms with Crippen molar-refractivity contribution in [1.29, 1.82) is 0 Å². The van der Waals surface area contributed by atoms with Gasteiger partial charge in [0.05, 0.1) is 0 Å². The third-order valence-corrected chi connectivity index (χ3v) is 2.92.